The number of hydrogen-bond donors (Lipinski definition) is 2. The lowest BCUT2D eigenvalue weighted by atomic mass is 10.0. The van der Waals surface area contributed by atoms with Crippen LogP contribution in [0.5, 0.6) is 11.5 Å². The van der Waals surface area contributed by atoms with Crippen LogP contribution in [-0.4, -0.2) is 23.7 Å². The Morgan fingerprint density at radius 3 is 2.72 bits per heavy atom. The molecule has 6 nitrogen and oxygen atoms in total. The first-order chi connectivity index (χ1) is 14.1. The van der Waals surface area contributed by atoms with Crippen LogP contribution in [0, 0.1) is 17.2 Å². The lowest BCUT2D eigenvalue weighted by Gasteiger charge is -2.21. The molecule has 0 amide bonds. The summed E-state index contributed by atoms with van der Waals surface area (Å²) in [6, 6.07) is 16.3. The van der Waals surface area contributed by atoms with Crippen LogP contribution >= 0.6 is 0 Å². The molecule has 2 N–H and O–H groups in total. The van der Waals surface area contributed by atoms with Crippen molar-refractivity contribution in [3.8, 4) is 17.6 Å². The number of aromatic amines is 1. The minimum atomic E-state index is 0.101. The SMILES string of the molecule is COc1ccc(CNC(c2nc3ccccc3[nH]2)C(C)C)cc1OCCCC#N. The molecule has 0 saturated heterocycles. The van der Waals surface area contributed by atoms with Gasteiger partial charge in [-0.1, -0.05) is 32.0 Å². The lowest BCUT2D eigenvalue weighted by molar-refractivity contribution is 0.290. The number of nitrogens with zero attached hydrogens (tertiary/aromatic N) is 2. The van der Waals surface area contributed by atoms with E-state index in [0.29, 0.717) is 43.4 Å². The summed E-state index contributed by atoms with van der Waals surface area (Å²) in [7, 11) is 1.63. The molecule has 0 spiro atoms. The Balaban J connectivity index is 1.71. The molecule has 0 saturated carbocycles. The van der Waals surface area contributed by atoms with E-state index < -0.39 is 0 Å². The zero-order chi connectivity index (χ0) is 20.6. The highest BCUT2D eigenvalue weighted by atomic mass is 16.5. The van der Waals surface area contributed by atoms with E-state index in [1.54, 1.807) is 7.11 Å². The van der Waals surface area contributed by atoms with Gasteiger partial charge in [0.05, 0.1) is 36.9 Å². The number of para-hydroxylation sites is 2. The zero-order valence-corrected chi connectivity index (χ0v) is 17.2. The molecule has 29 heavy (non-hydrogen) atoms. The Morgan fingerprint density at radius 2 is 2.00 bits per heavy atom. The average Bonchev–Trinajstić information content (AvgIpc) is 3.15. The molecule has 1 unspecified atom stereocenters. The maximum Gasteiger partial charge on any atom is 0.161 e. The van der Waals surface area contributed by atoms with Crippen molar-refractivity contribution in [2.24, 2.45) is 5.92 Å². The van der Waals surface area contributed by atoms with Crippen LogP contribution in [0.1, 0.15) is 44.1 Å². The quantitative estimate of drug-likeness (QED) is 0.487. The first-order valence-corrected chi connectivity index (χ1v) is 9.97. The second-order valence-electron chi connectivity index (χ2n) is 7.34. The highest BCUT2D eigenvalue weighted by Crippen LogP contribution is 2.29. The Kier molecular flexibility index (Phi) is 7.09. The molecule has 0 bridgehead atoms. The van der Waals surface area contributed by atoms with Gasteiger partial charge in [-0.2, -0.15) is 5.26 Å². The predicted molar refractivity (Wildman–Crippen MR) is 114 cm³/mol. The number of nitrogens with one attached hydrogen (secondary N) is 2. The molecule has 2 aromatic carbocycles. The van der Waals surface area contributed by atoms with Crippen LogP contribution in [0.3, 0.4) is 0 Å². The second-order valence-corrected chi connectivity index (χ2v) is 7.34. The minimum Gasteiger partial charge on any atom is -0.493 e. The number of hydrogen-bond acceptors (Lipinski definition) is 5. The summed E-state index contributed by atoms with van der Waals surface area (Å²) in [5.41, 5.74) is 3.13. The zero-order valence-electron chi connectivity index (χ0n) is 17.2. The van der Waals surface area contributed by atoms with E-state index in [1.807, 2.05) is 42.5 Å². The van der Waals surface area contributed by atoms with E-state index in [2.05, 4.69) is 30.2 Å². The van der Waals surface area contributed by atoms with Crippen molar-refractivity contribution >= 4 is 11.0 Å². The van der Waals surface area contributed by atoms with E-state index in [4.69, 9.17) is 19.7 Å². The smallest absolute Gasteiger partial charge is 0.161 e. The molecule has 6 heteroatoms. The van der Waals surface area contributed by atoms with Crippen LogP contribution in [0.2, 0.25) is 0 Å². The third-order valence-electron chi connectivity index (χ3n) is 4.81. The molecular formula is C23H28N4O2. The first-order valence-electron chi connectivity index (χ1n) is 9.97. The van der Waals surface area contributed by atoms with E-state index >= 15 is 0 Å². The Bertz CT molecular complexity index is 941. The van der Waals surface area contributed by atoms with E-state index in [9.17, 15) is 0 Å². The van der Waals surface area contributed by atoms with Crippen molar-refractivity contribution in [1.82, 2.24) is 15.3 Å². The number of nitriles is 1. The van der Waals surface area contributed by atoms with Crippen LogP contribution in [0.25, 0.3) is 11.0 Å². The van der Waals surface area contributed by atoms with Gasteiger partial charge in [0, 0.05) is 13.0 Å². The topological polar surface area (TPSA) is 83.0 Å². The van der Waals surface area contributed by atoms with E-state index in [0.717, 1.165) is 22.4 Å². The van der Waals surface area contributed by atoms with Gasteiger partial charge in [-0.15, -0.1) is 0 Å². The molecular weight excluding hydrogens is 364 g/mol. The number of ether oxygens (including phenoxy) is 2. The van der Waals surface area contributed by atoms with Crippen molar-refractivity contribution < 1.29 is 9.47 Å². The fourth-order valence-corrected chi connectivity index (χ4v) is 3.27. The van der Waals surface area contributed by atoms with Crippen LogP contribution in [0.15, 0.2) is 42.5 Å². The van der Waals surface area contributed by atoms with Crippen LogP contribution in [-0.2, 0) is 6.54 Å². The molecule has 0 fully saturated rings. The average molecular weight is 393 g/mol. The molecule has 1 heterocycles. The van der Waals surface area contributed by atoms with Crippen molar-refractivity contribution in [2.75, 3.05) is 13.7 Å². The van der Waals surface area contributed by atoms with Gasteiger partial charge in [0.15, 0.2) is 11.5 Å². The molecule has 3 rings (SSSR count). The highest BCUT2D eigenvalue weighted by molar-refractivity contribution is 5.74. The highest BCUT2D eigenvalue weighted by Gasteiger charge is 2.19. The van der Waals surface area contributed by atoms with Crippen LogP contribution in [0.4, 0.5) is 0 Å². The van der Waals surface area contributed by atoms with E-state index in [1.165, 1.54) is 0 Å². The summed E-state index contributed by atoms with van der Waals surface area (Å²) in [5, 5.41) is 12.3. The Hall–Kier alpha value is -3.04. The standard InChI is InChI=1S/C23H28N4O2/c1-16(2)22(23-26-18-8-4-5-9-19(18)27-23)25-15-17-10-11-20(28-3)21(14-17)29-13-7-6-12-24/h4-5,8-11,14,16,22,25H,6-7,13,15H2,1-3H3,(H,26,27). The first kappa shape index (κ1) is 20.7. The Labute approximate surface area is 171 Å². The van der Waals surface area contributed by atoms with Gasteiger partial charge in [-0.05, 0) is 42.2 Å². The summed E-state index contributed by atoms with van der Waals surface area (Å²) in [6.45, 7) is 5.54. The minimum absolute atomic E-state index is 0.101. The summed E-state index contributed by atoms with van der Waals surface area (Å²) in [5.74, 6) is 2.72. The molecule has 152 valence electrons. The fourth-order valence-electron chi connectivity index (χ4n) is 3.27. The lowest BCUT2D eigenvalue weighted by Crippen LogP contribution is -2.26. The van der Waals surface area contributed by atoms with Crippen LogP contribution < -0.4 is 14.8 Å². The number of aromatic nitrogens is 2. The van der Waals surface area contributed by atoms with Gasteiger partial charge in [0.25, 0.3) is 0 Å². The molecule has 0 aliphatic rings. The monoisotopic (exact) mass is 392 g/mol. The largest absolute Gasteiger partial charge is 0.493 e. The Morgan fingerprint density at radius 1 is 1.17 bits per heavy atom. The second kappa shape index (κ2) is 9.94. The maximum absolute atomic E-state index is 8.67. The molecule has 0 aliphatic carbocycles. The number of H-pyrrole nitrogens is 1. The van der Waals surface area contributed by atoms with Crippen molar-refractivity contribution in [3.05, 3.63) is 53.9 Å². The van der Waals surface area contributed by atoms with Crippen molar-refractivity contribution in [1.29, 1.82) is 5.26 Å². The summed E-state index contributed by atoms with van der Waals surface area (Å²) < 4.78 is 11.2. The maximum atomic E-state index is 8.67. The molecule has 3 aromatic rings. The molecule has 0 aliphatic heterocycles. The van der Waals surface area contributed by atoms with Gasteiger partial charge >= 0.3 is 0 Å². The van der Waals surface area contributed by atoms with Gasteiger partial charge in [-0.3, -0.25) is 0 Å². The molecule has 1 atom stereocenters. The number of imidazole rings is 1. The normalized spacial score (nSPS) is 12.1. The fraction of sp³-hybridized carbons (Fsp3) is 0.391. The number of methoxy groups -OCH3 is 1. The third-order valence-corrected chi connectivity index (χ3v) is 4.81. The number of rotatable bonds is 10. The number of benzene rings is 2. The number of unbranched alkanes of at least 4 members (excludes halogenated alkanes) is 1. The van der Waals surface area contributed by atoms with Gasteiger partial charge in [0.1, 0.15) is 5.82 Å². The summed E-state index contributed by atoms with van der Waals surface area (Å²) in [6.07, 6.45) is 1.18. The number of fused-ring (bicyclic) bond motifs is 1. The van der Waals surface area contributed by atoms with Gasteiger partial charge in [0.2, 0.25) is 0 Å². The predicted octanol–water partition coefficient (Wildman–Crippen LogP) is 4.74. The van der Waals surface area contributed by atoms with Gasteiger partial charge < -0.3 is 19.8 Å². The molecule has 0 radical (unpaired) electrons. The van der Waals surface area contributed by atoms with Gasteiger partial charge in [-0.25, -0.2) is 4.98 Å². The van der Waals surface area contributed by atoms with E-state index in [-0.39, 0.29) is 6.04 Å². The van der Waals surface area contributed by atoms with Crippen molar-refractivity contribution in [3.63, 3.8) is 0 Å². The summed E-state index contributed by atoms with van der Waals surface area (Å²) in [4.78, 5) is 8.20. The van der Waals surface area contributed by atoms with Crippen molar-refractivity contribution in [2.45, 2.75) is 39.3 Å². The third kappa shape index (κ3) is 5.27. The molecule has 1 aromatic heterocycles. The summed E-state index contributed by atoms with van der Waals surface area (Å²) >= 11 is 0.